The number of aromatic nitrogens is 2. The van der Waals surface area contributed by atoms with E-state index in [0.717, 1.165) is 30.5 Å². The molecule has 1 N–H and O–H groups in total. The Kier molecular flexibility index (Phi) is 4.58. The number of anilines is 2. The molecule has 1 fully saturated rings. The molecule has 5 heteroatoms. The van der Waals surface area contributed by atoms with Gasteiger partial charge in [0.25, 0.3) is 0 Å². The first-order valence-electron chi connectivity index (χ1n) is 7.02. The lowest BCUT2D eigenvalue weighted by molar-refractivity contribution is 0.128. The monoisotopic (exact) mass is 264 g/mol. The molecule has 1 saturated heterocycles. The van der Waals surface area contributed by atoms with Crippen molar-refractivity contribution in [3.05, 3.63) is 11.9 Å². The standard InChI is InChI=1S/C14H24N4O/c1-5-19-9-13-16-12(15-4)6-14(17-13)18-7-10(2)11(3)8-18/h6,10-11H,5,7-9H2,1-4H3,(H,15,16,17). The van der Waals surface area contributed by atoms with Gasteiger partial charge in [0.15, 0.2) is 5.82 Å². The molecule has 5 nitrogen and oxygen atoms in total. The third-order valence-corrected chi connectivity index (χ3v) is 3.76. The second kappa shape index (κ2) is 6.19. The van der Waals surface area contributed by atoms with Crippen LogP contribution in [0, 0.1) is 11.8 Å². The Morgan fingerprint density at radius 1 is 1.32 bits per heavy atom. The lowest BCUT2D eigenvalue weighted by Gasteiger charge is -2.18. The summed E-state index contributed by atoms with van der Waals surface area (Å²) in [5.74, 6) is 4.03. The van der Waals surface area contributed by atoms with E-state index < -0.39 is 0 Å². The fourth-order valence-corrected chi connectivity index (χ4v) is 2.35. The third-order valence-electron chi connectivity index (χ3n) is 3.76. The quantitative estimate of drug-likeness (QED) is 0.883. The average molecular weight is 264 g/mol. The molecule has 2 unspecified atom stereocenters. The minimum atomic E-state index is 0.470. The van der Waals surface area contributed by atoms with Crippen LogP contribution in [0.15, 0.2) is 6.07 Å². The van der Waals surface area contributed by atoms with Crippen LogP contribution >= 0.6 is 0 Å². The fourth-order valence-electron chi connectivity index (χ4n) is 2.35. The van der Waals surface area contributed by atoms with Gasteiger partial charge >= 0.3 is 0 Å². The number of ether oxygens (including phenoxy) is 1. The van der Waals surface area contributed by atoms with E-state index >= 15 is 0 Å². The molecule has 1 aromatic heterocycles. The van der Waals surface area contributed by atoms with Crippen molar-refractivity contribution < 1.29 is 4.74 Å². The van der Waals surface area contributed by atoms with E-state index in [1.807, 2.05) is 20.0 Å². The van der Waals surface area contributed by atoms with Crippen LogP contribution in [0.25, 0.3) is 0 Å². The van der Waals surface area contributed by atoms with Crippen LogP contribution in [0.5, 0.6) is 0 Å². The summed E-state index contributed by atoms with van der Waals surface area (Å²) in [5.41, 5.74) is 0. The van der Waals surface area contributed by atoms with Gasteiger partial charge in [0.05, 0.1) is 0 Å². The van der Waals surface area contributed by atoms with Crippen LogP contribution in [0.4, 0.5) is 11.6 Å². The second-order valence-electron chi connectivity index (χ2n) is 5.27. The lowest BCUT2D eigenvalue weighted by Crippen LogP contribution is -2.22. The van der Waals surface area contributed by atoms with Crippen LogP contribution in [-0.2, 0) is 11.3 Å². The molecule has 2 rings (SSSR count). The molecule has 0 amide bonds. The molecule has 106 valence electrons. The summed E-state index contributed by atoms with van der Waals surface area (Å²) >= 11 is 0. The van der Waals surface area contributed by atoms with Gasteiger partial charge in [-0.2, -0.15) is 0 Å². The van der Waals surface area contributed by atoms with Crippen molar-refractivity contribution in [3.63, 3.8) is 0 Å². The molecular formula is C14H24N4O. The van der Waals surface area contributed by atoms with Gasteiger partial charge in [-0.05, 0) is 18.8 Å². The Hall–Kier alpha value is -1.36. The molecule has 2 atom stereocenters. The highest BCUT2D eigenvalue weighted by Gasteiger charge is 2.27. The van der Waals surface area contributed by atoms with Crippen molar-refractivity contribution in [3.8, 4) is 0 Å². The van der Waals surface area contributed by atoms with Gasteiger partial charge in [-0.1, -0.05) is 13.8 Å². The van der Waals surface area contributed by atoms with E-state index in [9.17, 15) is 0 Å². The van der Waals surface area contributed by atoms with Gasteiger partial charge in [-0.15, -0.1) is 0 Å². The summed E-state index contributed by atoms with van der Waals surface area (Å²) in [7, 11) is 1.88. The summed E-state index contributed by atoms with van der Waals surface area (Å²) in [6.45, 7) is 9.85. The van der Waals surface area contributed by atoms with Gasteiger partial charge in [0.1, 0.15) is 18.2 Å². The summed E-state index contributed by atoms with van der Waals surface area (Å²) in [4.78, 5) is 11.4. The van der Waals surface area contributed by atoms with Gasteiger partial charge in [-0.3, -0.25) is 0 Å². The minimum Gasteiger partial charge on any atom is -0.374 e. The molecule has 0 aliphatic carbocycles. The Labute approximate surface area is 115 Å². The number of hydrogen-bond donors (Lipinski definition) is 1. The zero-order valence-electron chi connectivity index (χ0n) is 12.3. The van der Waals surface area contributed by atoms with E-state index in [0.29, 0.717) is 25.0 Å². The van der Waals surface area contributed by atoms with E-state index in [2.05, 4.69) is 34.0 Å². The maximum absolute atomic E-state index is 5.41. The van der Waals surface area contributed by atoms with Crippen molar-refractivity contribution in [1.29, 1.82) is 0 Å². The lowest BCUT2D eigenvalue weighted by atomic mass is 10.0. The molecular weight excluding hydrogens is 240 g/mol. The second-order valence-corrected chi connectivity index (χ2v) is 5.27. The van der Waals surface area contributed by atoms with Crippen molar-refractivity contribution in [1.82, 2.24) is 9.97 Å². The van der Waals surface area contributed by atoms with E-state index in [1.165, 1.54) is 0 Å². The van der Waals surface area contributed by atoms with Gasteiger partial charge in [0, 0.05) is 32.8 Å². The van der Waals surface area contributed by atoms with Crippen LogP contribution in [0.2, 0.25) is 0 Å². The first-order valence-corrected chi connectivity index (χ1v) is 7.02. The highest BCUT2D eigenvalue weighted by molar-refractivity contribution is 5.50. The number of nitrogens with zero attached hydrogens (tertiary/aromatic N) is 3. The van der Waals surface area contributed by atoms with E-state index in [1.54, 1.807) is 0 Å². The molecule has 0 saturated carbocycles. The Balaban J connectivity index is 2.19. The summed E-state index contributed by atoms with van der Waals surface area (Å²) < 4.78 is 5.41. The van der Waals surface area contributed by atoms with Crippen LogP contribution in [-0.4, -0.2) is 36.7 Å². The summed E-state index contributed by atoms with van der Waals surface area (Å²) in [6, 6.07) is 2.01. The van der Waals surface area contributed by atoms with E-state index in [-0.39, 0.29) is 0 Å². The topological polar surface area (TPSA) is 50.3 Å². The molecule has 19 heavy (non-hydrogen) atoms. The summed E-state index contributed by atoms with van der Waals surface area (Å²) in [5, 5.41) is 3.10. The van der Waals surface area contributed by atoms with Crippen molar-refractivity contribution >= 4 is 11.6 Å². The first kappa shape index (κ1) is 14.1. The molecule has 1 aliphatic rings. The number of hydrogen-bond acceptors (Lipinski definition) is 5. The average Bonchev–Trinajstić information content (AvgIpc) is 2.76. The number of nitrogens with one attached hydrogen (secondary N) is 1. The van der Waals surface area contributed by atoms with Gasteiger partial charge in [-0.25, -0.2) is 9.97 Å². The minimum absolute atomic E-state index is 0.470. The normalized spacial score (nSPS) is 22.8. The molecule has 0 bridgehead atoms. The van der Waals surface area contributed by atoms with Crippen molar-refractivity contribution in [2.45, 2.75) is 27.4 Å². The van der Waals surface area contributed by atoms with Gasteiger partial charge < -0.3 is 15.0 Å². The van der Waals surface area contributed by atoms with Gasteiger partial charge in [0.2, 0.25) is 0 Å². The third kappa shape index (κ3) is 3.35. The zero-order valence-corrected chi connectivity index (χ0v) is 12.3. The predicted molar refractivity (Wildman–Crippen MR) is 77.4 cm³/mol. The predicted octanol–water partition coefficient (Wildman–Crippen LogP) is 2.15. The molecule has 0 spiro atoms. The van der Waals surface area contributed by atoms with Crippen molar-refractivity contribution in [2.75, 3.05) is 37.0 Å². The first-order chi connectivity index (χ1) is 9.13. The molecule has 1 aromatic rings. The maximum Gasteiger partial charge on any atom is 0.158 e. The Bertz CT molecular complexity index is 414. The van der Waals surface area contributed by atoms with Crippen LogP contribution < -0.4 is 10.2 Å². The van der Waals surface area contributed by atoms with Crippen LogP contribution in [0.3, 0.4) is 0 Å². The Morgan fingerprint density at radius 2 is 2.00 bits per heavy atom. The van der Waals surface area contributed by atoms with Crippen LogP contribution in [0.1, 0.15) is 26.6 Å². The molecule has 2 heterocycles. The highest BCUT2D eigenvalue weighted by Crippen LogP contribution is 2.27. The molecule has 0 radical (unpaired) electrons. The molecule has 0 aromatic carbocycles. The Morgan fingerprint density at radius 3 is 2.58 bits per heavy atom. The summed E-state index contributed by atoms with van der Waals surface area (Å²) in [6.07, 6.45) is 0. The van der Waals surface area contributed by atoms with Crippen molar-refractivity contribution in [2.24, 2.45) is 11.8 Å². The SMILES string of the molecule is CCOCc1nc(NC)cc(N2CC(C)C(C)C2)n1. The zero-order chi connectivity index (χ0) is 13.8. The number of rotatable bonds is 5. The fraction of sp³-hybridized carbons (Fsp3) is 0.714. The largest absolute Gasteiger partial charge is 0.374 e. The smallest absolute Gasteiger partial charge is 0.158 e. The van der Waals surface area contributed by atoms with E-state index in [4.69, 9.17) is 4.74 Å². The molecule has 1 aliphatic heterocycles. The maximum atomic E-state index is 5.41. The highest BCUT2D eigenvalue weighted by atomic mass is 16.5.